The summed E-state index contributed by atoms with van der Waals surface area (Å²) in [5, 5.41) is 5.55. The number of anilines is 2. The zero-order chi connectivity index (χ0) is 24.6. The largest absolute Gasteiger partial charge is 0.496 e. The third-order valence-corrected chi connectivity index (χ3v) is 7.06. The van der Waals surface area contributed by atoms with E-state index in [9.17, 15) is 9.59 Å². The Bertz CT molecular complexity index is 1440. The molecule has 0 bridgehead atoms. The van der Waals surface area contributed by atoms with Gasteiger partial charge >= 0.3 is 0 Å². The molecular weight excluding hydrogens is 456 g/mol. The fraction of sp³-hybridized carbons (Fsp3) is 0.259. The molecule has 1 atom stereocenters. The summed E-state index contributed by atoms with van der Waals surface area (Å²) in [5.74, 6) is 0.0343. The molecule has 1 amide bonds. The second-order valence-electron chi connectivity index (χ2n) is 8.98. The molecule has 4 heterocycles. The van der Waals surface area contributed by atoms with Crippen molar-refractivity contribution in [2.24, 2.45) is 0 Å². The maximum absolute atomic E-state index is 13.5. The van der Waals surface area contributed by atoms with Crippen LogP contribution in [0.5, 0.6) is 5.75 Å². The fourth-order valence-corrected chi connectivity index (χ4v) is 5.23. The van der Waals surface area contributed by atoms with E-state index in [0.717, 1.165) is 33.5 Å². The van der Waals surface area contributed by atoms with Crippen LogP contribution in [0.15, 0.2) is 67.4 Å². The van der Waals surface area contributed by atoms with Gasteiger partial charge in [-0.1, -0.05) is 24.3 Å². The fourth-order valence-electron chi connectivity index (χ4n) is 5.23. The molecule has 1 saturated heterocycles. The lowest BCUT2D eigenvalue weighted by Crippen LogP contribution is -2.51. The van der Waals surface area contributed by atoms with E-state index in [4.69, 9.17) is 4.74 Å². The number of ether oxygens (including phenoxy) is 1. The molecule has 2 aliphatic heterocycles. The van der Waals surface area contributed by atoms with Crippen LogP contribution >= 0.6 is 0 Å². The van der Waals surface area contributed by atoms with Crippen molar-refractivity contribution in [2.45, 2.75) is 5.92 Å². The van der Waals surface area contributed by atoms with Crippen LogP contribution in [0.25, 0.3) is 16.5 Å². The molecule has 0 spiro atoms. The van der Waals surface area contributed by atoms with Gasteiger partial charge in [0.1, 0.15) is 11.6 Å². The molecule has 1 fully saturated rings. The number of carbonyl (C=O) groups is 2. The molecule has 9 nitrogen and oxygen atoms in total. The SMILES string of the molecule is COc1ccc(-n2ccnc2)c2c1C(C(=O)C(=O)N1CCN(c3nccc4ccccc34)CC1)CN2. The van der Waals surface area contributed by atoms with Gasteiger partial charge in [0.2, 0.25) is 5.78 Å². The summed E-state index contributed by atoms with van der Waals surface area (Å²) in [6.07, 6.45) is 7.06. The smallest absolute Gasteiger partial charge is 0.290 e. The van der Waals surface area contributed by atoms with Gasteiger partial charge in [-0.25, -0.2) is 9.97 Å². The number of nitrogens with zero attached hydrogens (tertiary/aromatic N) is 5. The lowest BCUT2D eigenvalue weighted by Gasteiger charge is -2.35. The molecule has 6 rings (SSSR count). The van der Waals surface area contributed by atoms with Crippen LogP contribution < -0.4 is 15.0 Å². The first-order valence-corrected chi connectivity index (χ1v) is 12.0. The zero-order valence-electron chi connectivity index (χ0n) is 19.9. The van der Waals surface area contributed by atoms with Crippen LogP contribution in [-0.4, -0.2) is 71.0 Å². The highest BCUT2D eigenvalue weighted by Crippen LogP contribution is 2.43. The van der Waals surface area contributed by atoms with Crippen molar-refractivity contribution >= 4 is 34.0 Å². The highest BCUT2D eigenvalue weighted by Gasteiger charge is 2.39. The number of piperazine rings is 1. The van der Waals surface area contributed by atoms with Gasteiger partial charge in [0.05, 0.1) is 30.7 Å². The number of nitrogens with one attached hydrogen (secondary N) is 1. The Balaban J connectivity index is 1.20. The average molecular weight is 483 g/mol. The minimum Gasteiger partial charge on any atom is -0.496 e. The molecule has 2 aromatic heterocycles. The number of methoxy groups -OCH3 is 1. The first-order chi connectivity index (χ1) is 17.7. The van der Waals surface area contributed by atoms with Crippen molar-refractivity contribution in [3.8, 4) is 11.4 Å². The summed E-state index contributed by atoms with van der Waals surface area (Å²) < 4.78 is 7.45. The Morgan fingerprint density at radius 2 is 1.86 bits per heavy atom. The summed E-state index contributed by atoms with van der Waals surface area (Å²) in [7, 11) is 1.58. The van der Waals surface area contributed by atoms with Crippen molar-refractivity contribution in [1.82, 2.24) is 19.4 Å². The standard InChI is InChI=1S/C27H26N6O3/c1-36-22-7-6-21(33-11-10-28-17-33)24-23(22)20(16-30-24)25(34)27(35)32-14-12-31(13-15-32)26-19-5-3-2-4-18(19)8-9-29-26/h2-11,17,20,30H,12-16H2,1H3. The van der Waals surface area contributed by atoms with E-state index in [0.29, 0.717) is 38.5 Å². The summed E-state index contributed by atoms with van der Waals surface area (Å²) in [6, 6.07) is 13.9. The third-order valence-electron chi connectivity index (χ3n) is 7.06. The Hall–Kier alpha value is -4.40. The molecule has 1 N–H and O–H groups in total. The average Bonchev–Trinajstić information content (AvgIpc) is 3.63. The molecule has 4 aromatic rings. The van der Waals surface area contributed by atoms with Crippen LogP contribution in [-0.2, 0) is 9.59 Å². The monoisotopic (exact) mass is 482 g/mol. The second kappa shape index (κ2) is 8.99. The number of amides is 1. The predicted octanol–water partition coefficient (Wildman–Crippen LogP) is 2.86. The highest BCUT2D eigenvalue weighted by molar-refractivity contribution is 6.38. The Labute approximate surface area is 208 Å². The van der Waals surface area contributed by atoms with Crippen molar-refractivity contribution in [1.29, 1.82) is 0 Å². The van der Waals surface area contributed by atoms with E-state index in [2.05, 4.69) is 32.3 Å². The first kappa shape index (κ1) is 22.1. The number of ketones is 1. The zero-order valence-corrected chi connectivity index (χ0v) is 19.9. The number of hydrogen-bond donors (Lipinski definition) is 1. The van der Waals surface area contributed by atoms with Gasteiger partial charge in [0.25, 0.3) is 5.91 Å². The molecule has 1 unspecified atom stereocenters. The van der Waals surface area contributed by atoms with Gasteiger partial charge in [0, 0.05) is 62.3 Å². The van der Waals surface area contributed by atoms with Gasteiger partial charge < -0.3 is 24.4 Å². The molecule has 0 radical (unpaired) electrons. The van der Waals surface area contributed by atoms with Gasteiger partial charge in [-0.05, 0) is 23.6 Å². The topological polar surface area (TPSA) is 92.6 Å². The van der Waals surface area contributed by atoms with E-state index >= 15 is 0 Å². The number of Topliss-reactive ketones (excluding diaryl/α,β-unsaturated/α-hetero) is 1. The Kier molecular flexibility index (Phi) is 5.52. The van der Waals surface area contributed by atoms with Crippen LogP contribution in [0.4, 0.5) is 11.5 Å². The number of imidazole rings is 1. The number of fused-ring (bicyclic) bond motifs is 2. The lowest BCUT2D eigenvalue weighted by atomic mass is 9.94. The van der Waals surface area contributed by atoms with E-state index in [-0.39, 0.29) is 0 Å². The summed E-state index contributed by atoms with van der Waals surface area (Å²) in [4.78, 5) is 39.4. The summed E-state index contributed by atoms with van der Waals surface area (Å²) in [5.41, 5.74) is 2.38. The van der Waals surface area contributed by atoms with E-state index in [1.807, 2.05) is 47.3 Å². The molecule has 0 saturated carbocycles. The number of carbonyl (C=O) groups excluding carboxylic acids is 2. The normalized spacial score (nSPS) is 17.1. The summed E-state index contributed by atoms with van der Waals surface area (Å²) >= 11 is 0. The molecule has 0 aliphatic carbocycles. The van der Waals surface area contributed by atoms with Crippen molar-refractivity contribution in [3.63, 3.8) is 0 Å². The van der Waals surface area contributed by atoms with E-state index in [1.54, 1.807) is 24.5 Å². The maximum Gasteiger partial charge on any atom is 0.290 e. The van der Waals surface area contributed by atoms with E-state index in [1.165, 1.54) is 0 Å². The maximum atomic E-state index is 13.5. The number of pyridine rings is 1. The summed E-state index contributed by atoms with van der Waals surface area (Å²) in [6.45, 7) is 2.52. The first-order valence-electron chi connectivity index (χ1n) is 12.0. The molecule has 36 heavy (non-hydrogen) atoms. The Morgan fingerprint density at radius 3 is 2.64 bits per heavy atom. The predicted molar refractivity (Wildman–Crippen MR) is 137 cm³/mol. The molecule has 9 heteroatoms. The molecule has 2 aliphatic rings. The molecule has 182 valence electrons. The van der Waals surface area contributed by atoms with Gasteiger partial charge in [-0.2, -0.15) is 0 Å². The van der Waals surface area contributed by atoms with Crippen molar-refractivity contribution in [2.75, 3.05) is 50.1 Å². The van der Waals surface area contributed by atoms with Crippen LogP contribution in [0, 0.1) is 0 Å². The van der Waals surface area contributed by atoms with Crippen molar-refractivity contribution < 1.29 is 14.3 Å². The highest BCUT2D eigenvalue weighted by atomic mass is 16.5. The number of benzene rings is 2. The number of rotatable bonds is 5. The van der Waals surface area contributed by atoms with Crippen LogP contribution in [0.2, 0.25) is 0 Å². The van der Waals surface area contributed by atoms with Gasteiger partial charge in [-0.3, -0.25) is 9.59 Å². The molecular formula is C27H26N6O3. The van der Waals surface area contributed by atoms with Crippen molar-refractivity contribution in [3.05, 3.63) is 72.9 Å². The number of aromatic nitrogens is 3. The second-order valence-corrected chi connectivity index (χ2v) is 8.98. The van der Waals surface area contributed by atoms with E-state index < -0.39 is 17.6 Å². The van der Waals surface area contributed by atoms with Crippen LogP contribution in [0.1, 0.15) is 11.5 Å². The minimum atomic E-state index is -0.608. The molecule has 2 aromatic carbocycles. The Morgan fingerprint density at radius 1 is 1.03 bits per heavy atom. The number of hydrogen-bond acceptors (Lipinski definition) is 7. The van der Waals surface area contributed by atoms with Gasteiger partial charge in [-0.15, -0.1) is 0 Å². The van der Waals surface area contributed by atoms with Crippen LogP contribution in [0.3, 0.4) is 0 Å². The quantitative estimate of drug-likeness (QED) is 0.437. The minimum absolute atomic E-state index is 0.349. The lowest BCUT2D eigenvalue weighted by molar-refractivity contribution is -0.145. The third kappa shape index (κ3) is 3.64. The van der Waals surface area contributed by atoms with Gasteiger partial charge in [0.15, 0.2) is 0 Å².